The van der Waals surface area contributed by atoms with Gasteiger partial charge < -0.3 is 14.6 Å². The van der Waals surface area contributed by atoms with Gasteiger partial charge in [0, 0.05) is 31.3 Å². The van der Waals surface area contributed by atoms with Gasteiger partial charge in [-0.2, -0.15) is 0 Å². The SMILES string of the molecule is COCCn1c(Cc2ccccc2)nnc1SCC(=O)c1ccc2c(c1)CC(=O)N2. The average Bonchev–Trinajstić information content (AvgIpc) is 3.32. The Morgan fingerprint density at radius 3 is 2.83 bits per heavy atom. The van der Waals surface area contributed by atoms with E-state index in [1.54, 1.807) is 25.3 Å². The van der Waals surface area contributed by atoms with E-state index < -0.39 is 0 Å². The number of ether oxygens (including phenoxy) is 1. The Hall–Kier alpha value is -2.97. The lowest BCUT2D eigenvalue weighted by molar-refractivity contribution is -0.115. The fourth-order valence-corrected chi connectivity index (χ4v) is 4.24. The normalized spacial score (nSPS) is 12.6. The molecule has 2 aromatic carbocycles. The van der Waals surface area contributed by atoms with Crippen LogP contribution in [0.1, 0.15) is 27.3 Å². The molecule has 0 aliphatic carbocycles. The number of fused-ring (bicyclic) bond motifs is 1. The minimum atomic E-state index is -0.0406. The summed E-state index contributed by atoms with van der Waals surface area (Å²) < 4.78 is 7.25. The van der Waals surface area contributed by atoms with Crippen LogP contribution in [0.25, 0.3) is 0 Å². The van der Waals surface area contributed by atoms with E-state index >= 15 is 0 Å². The van der Waals surface area contributed by atoms with E-state index in [0.29, 0.717) is 36.7 Å². The van der Waals surface area contributed by atoms with Gasteiger partial charge >= 0.3 is 0 Å². The number of amides is 1. The molecule has 1 aliphatic rings. The van der Waals surface area contributed by atoms with E-state index in [1.807, 2.05) is 22.8 Å². The lowest BCUT2D eigenvalue weighted by atomic mass is 10.1. The topological polar surface area (TPSA) is 86.1 Å². The maximum Gasteiger partial charge on any atom is 0.228 e. The van der Waals surface area contributed by atoms with Gasteiger partial charge in [-0.05, 0) is 29.3 Å². The number of benzene rings is 2. The fraction of sp³-hybridized carbons (Fsp3) is 0.273. The number of aromatic nitrogens is 3. The first-order valence-electron chi connectivity index (χ1n) is 9.68. The van der Waals surface area contributed by atoms with Crippen LogP contribution in [0.3, 0.4) is 0 Å². The van der Waals surface area contributed by atoms with Gasteiger partial charge in [0.05, 0.1) is 18.8 Å². The quantitative estimate of drug-likeness (QED) is 0.421. The van der Waals surface area contributed by atoms with Crippen molar-refractivity contribution in [2.45, 2.75) is 24.5 Å². The fourth-order valence-electron chi connectivity index (χ4n) is 3.36. The Balaban J connectivity index is 1.46. The molecule has 1 aromatic heterocycles. The highest BCUT2D eigenvalue weighted by molar-refractivity contribution is 7.99. The Morgan fingerprint density at radius 1 is 1.20 bits per heavy atom. The van der Waals surface area contributed by atoms with Crippen LogP contribution in [0, 0.1) is 0 Å². The van der Waals surface area contributed by atoms with E-state index in [1.165, 1.54) is 11.8 Å². The largest absolute Gasteiger partial charge is 0.383 e. The molecule has 0 saturated heterocycles. The van der Waals surface area contributed by atoms with E-state index in [0.717, 1.165) is 22.6 Å². The van der Waals surface area contributed by atoms with Gasteiger partial charge in [0.1, 0.15) is 5.82 Å². The monoisotopic (exact) mass is 422 g/mol. The molecule has 0 atom stereocenters. The summed E-state index contributed by atoms with van der Waals surface area (Å²) in [6, 6.07) is 15.4. The van der Waals surface area contributed by atoms with Crippen molar-refractivity contribution in [2.24, 2.45) is 0 Å². The van der Waals surface area contributed by atoms with E-state index in [2.05, 4.69) is 27.6 Å². The highest BCUT2D eigenvalue weighted by atomic mass is 32.2. The number of ketones is 1. The molecule has 0 radical (unpaired) electrons. The van der Waals surface area contributed by atoms with Crippen molar-refractivity contribution >= 4 is 29.1 Å². The summed E-state index contributed by atoms with van der Waals surface area (Å²) in [6.07, 6.45) is 0.982. The predicted octanol–water partition coefficient (Wildman–Crippen LogP) is 2.98. The first kappa shape index (κ1) is 20.3. The summed E-state index contributed by atoms with van der Waals surface area (Å²) in [5.74, 6) is 1.04. The number of rotatable bonds is 9. The zero-order valence-corrected chi connectivity index (χ0v) is 17.4. The van der Waals surface area contributed by atoms with Gasteiger partial charge in [-0.3, -0.25) is 9.59 Å². The lowest BCUT2D eigenvalue weighted by Gasteiger charge is -2.10. The number of Topliss-reactive ketones (excluding diaryl/α,β-unsaturated/α-hetero) is 1. The van der Waals surface area contributed by atoms with Gasteiger partial charge in [0.25, 0.3) is 0 Å². The Labute approximate surface area is 178 Å². The van der Waals surface area contributed by atoms with Gasteiger partial charge in [-0.1, -0.05) is 42.1 Å². The Bertz CT molecular complexity index is 1070. The Morgan fingerprint density at radius 2 is 2.03 bits per heavy atom. The smallest absolute Gasteiger partial charge is 0.228 e. The van der Waals surface area contributed by atoms with Gasteiger partial charge in [-0.25, -0.2) is 0 Å². The molecule has 4 rings (SSSR count). The second kappa shape index (κ2) is 9.23. The third kappa shape index (κ3) is 4.60. The predicted molar refractivity (Wildman–Crippen MR) is 115 cm³/mol. The van der Waals surface area contributed by atoms with Crippen molar-refractivity contribution in [3.8, 4) is 0 Å². The van der Waals surface area contributed by atoms with E-state index in [4.69, 9.17) is 4.74 Å². The molecule has 0 unspecified atom stereocenters. The number of thioether (sulfide) groups is 1. The zero-order chi connectivity index (χ0) is 20.9. The minimum Gasteiger partial charge on any atom is -0.383 e. The highest BCUT2D eigenvalue weighted by Crippen LogP contribution is 2.25. The minimum absolute atomic E-state index is 0.00644. The molecule has 1 N–H and O–H groups in total. The van der Waals surface area contributed by atoms with Crippen LogP contribution in [0.4, 0.5) is 5.69 Å². The maximum absolute atomic E-state index is 12.7. The molecule has 0 saturated carbocycles. The third-order valence-electron chi connectivity index (χ3n) is 4.90. The van der Waals surface area contributed by atoms with Crippen molar-refractivity contribution in [1.29, 1.82) is 0 Å². The van der Waals surface area contributed by atoms with Crippen LogP contribution in [0.15, 0.2) is 53.7 Å². The molecule has 7 nitrogen and oxygen atoms in total. The second-order valence-electron chi connectivity index (χ2n) is 7.01. The molecule has 0 spiro atoms. The number of nitrogens with one attached hydrogen (secondary N) is 1. The number of carbonyl (C=O) groups is 2. The van der Waals surface area contributed by atoms with Crippen LogP contribution in [-0.2, 0) is 28.9 Å². The van der Waals surface area contributed by atoms with E-state index in [9.17, 15) is 9.59 Å². The molecule has 154 valence electrons. The first-order valence-corrected chi connectivity index (χ1v) is 10.7. The van der Waals surface area contributed by atoms with Crippen LogP contribution < -0.4 is 5.32 Å². The van der Waals surface area contributed by atoms with Crippen molar-refractivity contribution in [2.75, 3.05) is 24.8 Å². The summed E-state index contributed by atoms with van der Waals surface area (Å²) in [7, 11) is 1.66. The molecular weight excluding hydrogens is 400 g/mol. The zero-order valence-electron chi connectivity index (χ0n) is 16.6. The molecule has 0 bridgehead atoms. The van der Waals surface area contributed by atoms with Gasteiger partial charge in [-0.15, -0.1) is 10.2 Å². The van der Waals surface area contributed by atoms with E-state index in [-0.39, 0.29) is 17.4 Å². The van der Waals surface area contributed by atoms with Gasteiger partial charge in [0.15, 0.2) is 10.9 Å². The van der Waals surface area contributed by atoms with Crippen LogP contribution in [-0.4, -0.2) is 45.9 Å². The standard InChI is InChI=1S/C22H22N4O3S/c1-29-10-9-26-20(11-15-5-3-2-4-6-15)24-25-22(26)30-14-19(27)16-7-8-18-17(12-16)13-21(28)23-18/h2-8,12H,9-11,13-14H2,1H3,(H,23,28). The molecule has 1 amide bonds. The van der Waals surface area contributed by atoms with Crippen molar-refractivity contribution < 1.29 is 14.3 Å². The molecule has 0 fully saturated rings. The summed E-state index contributed by atoms with van der Waals surface area (Å²) in [6.45, 7) is 1.15. The lowest BCUT2D eigenvalue weighted by Crippen LogP contribution is -2.11. The van der Waals surface area contributed by atoms with Crippen molar-refractivity contribution in [3.63, 3.8) is 0 Å². The number of anilines is 1. The second-order valence-corrected chi connectivity index (χ2v) is 7.96. The molecule has 1 aliphatic heterocycles. The maximum atomic E-state index is 12.7. The molecular formula is C22H22N4O3S. The van der Waals surface area contributed by atoms with Crippen LogP contribution in [0.2, 0.25) is 0 Å². The van der Waals surface area contributed by atoms with Gasteiger partial charge in [0.2, 0.25) is 5.91 Å². The number of hydrogen-bond donors (Lipinski definition) is 1. The third-order valence-corrected chi connectivity index (χ3v) is 5.87. The number of methoxy groups -OCH3 is 1. The van der Waals surface area contributed by atoms with Crippen LogP contribution >= 0.6 is 11.8 Å². The number of nitrogens with zero attached hydrogens (tertiary/aromatic N) is 3. The molecule has 2 heterocycles. The number of carbonyl (C=O) groups excluding carboxylic acids is 2. The molecule has 3 aromatic rings. The first-order chi connectivity index (χ1) is 14.6. The summed E-state index contributed by atoms with van der Waals surface area (Å²) in [5, 5.41) is 12.1. The summed E-state index contributed by atoms with van der Waals surface area (Å²) >= 11 is 1.37. The summed E-state index contributed by atoms with van der Waals surface area (Å²) in [5.41, 5.74) is 3.40. The highest BCUT2D eigenvalue weighted by Gasteiger charge is 2.20. The van der Waals surface area contributed by atoms with Crippen LogP contribution in [0.5, 0.6) is 0 Å². The summed E-state index contributed by atoms with van der Waals surface area (Å²) in [4.78, 5) is 24.2. The Kier molecular flexibility index (Phi) is 6.25. The van der Waals surface area contributed by atoms with Crippen molar-refractivity contribution in [3.05, 3.63) is 71.0 Å². The van der Waals surface area contributed by atoms with Crippen molar-refractivity contribution in [1.82, 2.24) is 14.8 Å². The average molecular weight is 423 g/mol. The molecule has 30 heavy (non-hydrogen) atoms. The molecule has 8 heteroatoms. The number of hydrogen-bond acceptors (Lipinski definition) is 6.